The maximum absolute atomic E-state index is 5.27. The number of hydrogen-bond acceptors (Lipinski definition) is 2. The Bertz CT molecular complexity index is 140. The van der Waals surface area contributed by atoms with Crippen molar-refractivity contribution < 1.29 is 0 Å². The zero-order valence-corrected chi connectivity index (χ0v) is 4.60. The lowest BCUT2D eigenvalue weighted by Gasteiger charge is -1.81. The normalized spacial score (nSPS) is 9.71. The highest BCUT2D eigenvalue weighted by Gasteiger charge is 1.74. The second kappa shape index (κ2) is 1.90. The van der Waals surface area contributed by atoms with E-state index in [9.17, 15) is 0 Å². The van der Waals surface area contributed by atoms with Crippen LogP contribution in [-0.2, 0) is 0 Å². The molecule has 0 fully saturated rings. The summed E-state index contributed by atoms with van der Waals surface area (Å²) < 4.78 is 3.85. The van der Waals surface area contributed by atoms with Crippen LogP contribution in [0.1, 0.15) is 0 Å². The standard InChI is InChI=1S/C4H5N2P/c5-4-2-1-3-7-6-4/h1-3H,(H2,5,6). The van der Waals surface area contributed by atoms with E-state index in [2.05, 4.69) is 4.75 Å². The molecule has 36 valence electrons. The minimum Gasteiger partial charge on any atom is -0.383 e. The Morgan fingerprint density at radius 3 is 2.86 bits per heavy atom. The van der Waals surface area contributed by atoms with Crippen molar-refractivity contribution in [3.8, 4) is 0 Å². The van der Waals surface area contributed by atoms with Crippen LogP contribution in [0.3, 0.4) is 0 Å². The van der Waals surface area contributed by atoms with Gasteiger partial charge in [-0.1, -0.05) is 6.07 Å². The molecule has 1 rings (SSSR count). The highest BCUT2D eigenvalue weighted by molar-refractivity contribution is 7.24. The first kappa shape index (κ1) is 4.54. The molecular weight excluding hydrogens is 107 g/mol. The molecule has 0 radical (unpaired) electrons. The average Bonchev–Trinajstić information content (AvgIpc) is 1.69. The van der Waals surface area contributed by atoms with E-state index in [1.165, 1.54) is 0 Å². The summed E-state index contributed by atoms with van der Waals surface area (Å²) in [5.41, 5.74) is 5.27. The highest BCUT2D eigenvalue weighted by Crippen LogP contribution is 2.00. The Hall–Kier alpha value is -0.620. The fourth-order valence-corrected chi connectivity index (χ4v) is 0.743. The van der Waals surface area contributed by atoms with Crippen LogP contribution in [0, 0.1) is 0 Å². The number of nitrogens with two attached hydrogens (primary N) is 1. The molecule has 0 saturated carbocycles. The third-order valence-electron chi connectivity index (χ3n) is 0.593. The fraction of sp³-hybridized carbons (Fsp3) is 0. The molecule has 3 heteroatoms. The van der Waals surface area contributed by atoms with Gasteiger partial charge in [-0.25, -0.2) is 4.75 Å². The summed E-state index contributed by atoms with van der Waals surface area (Å²) in [6.07, 6.45) is 0. The molecule has 0 spiro atoms. The van der Waals surface area contributed by atoms with Crippen molar-refractivity contribution in [2.75, 3.05) is 5.73 Å². The molecule has 1 heterocycles. The molecule has 1 aromatic rings. The van der Waals surface area contributed by atoms with Gasteiger partial charge in [-0.3, -0.25) is 0 Å². The van der Waals surface area contributed by atoms with E-state index >= 15 is 0 Å². The molecule has 0 atom stereocenters. The van der Waals surface area contributed by atoms with Gasteiger partial charge in [-0.2, -0.15) is 0 Å². The van der Waals surface area contributed by atoms with Crippen molar-refractivity contribution >= 4 is 14.2 Å². The maximum atomic E-state index is 5.27. The van der Waals surface area contributed by atoms with Gasteiger partial charge in [-0.05, 0) is 11.9 Å². The first-order chi connectivity index (χ1) is 3.39. The summed E-state index contributed by atoms with van der Waals surface area (Å²) in [6, 6.07) is 3.67. The largest absolute Gasteiger partial charge is 0.383 e. The molecule has 0 aliphatic carbocycles. The summed E-state index contributed by atoms with van der Waals surface area (Å²) in [7, 11) is 0.944. The van der Waals surface area contributed by atoms with Gasteiger partial charge in [0, 0.05) is 8.35 Å². The Morgan fingerprint density at radius 2 is 2.57 bits per heavy atom. The fourth-order valence-electron chi connectivity index (χ4n) is 0.313. The molecule has 0 amide bonds. The number of anilines is 1. The third-order valence-corrected chi connectivity index (χ3v) is 1.24. The molecule has 0 aromatic carbocycles. The van der Waals surface area contributed by atoms with Crippen molar-refractivity contribution in [3.05, 3.63) is 17.9 Å². The summed E-state index contributed by atoms with van der Waals surface area (Å²) in [4.78, 5) is 0. The maximum Gasteiger partial charge on any atom is 0.127 e. The second-order valence-corrected chi connectivity index (χ2v) is 1.88. The Kier molecular flexibility index (Phi) is 1.23. The average molecular weight is 112 g/mol. The van der Waals surface area contributed by atoms with E-state index in [4.69, 9.17) is 5.73 Å². The van der Waals surface area contributed by atoms with Crippen molar-refractivity contribution in [2.45, 2.75) is 0 Å². The van der Waals surface area contributed by atoms with E-state index < -0.39 is 0 Å². The molecule has 2 nitrogen and oxygen atoms in total. The molecule has 7 heavy (non-hydrogen) atoms. The van der Waals surface area contributed by atoms with Crippen molar-refractivity contribution in [3.63, 3.8) is 0 Å². The van der Waals surface area contributed by atoms with Gasteiger partial charge in [0.2, 0.25) is 0 Å². The number of hydrogen-bond donors (Lipinski definition) is 1. The third kappa shape index (κ3) is 1.13. The van der Waals surface area contributed by atoms with Gasteiger partial charge in [0.15, 0.2) is 0 Å². The van der Waals surface area contributed by atoms with E-state index in [1.807, 2.05) is 11.9 Å². The van der Waals surface area contributed by atoms with Gasteiger partial charge in [-0.15, -0.1) is 0 Å². The first-order valence-electron chi connectivity index (χ1n) is 1.93. The zero-order chi connectivity index (χ0) is 5.11. The number of nitrogen functional groups attached to an aromatic ring is 1. The van der Waals surface area contributed by atoms with Crippen LogP contribution >= 0.6 is 8.35 Å². The summed E-state index contributed by atoms with van der Waals surface area (Å²) >= 11 is 0. The molecule has 0 aliphatic heterocycles. The summed E-state index contributed by atoms with van der Waals surface area (Å²) in [6.45, 7) is 0. The van der Waals surface area contributed by atoms with Gasteiger partial charge in [0.05, 0.1) is 0 Å². The predicted octanol–water partition coefficient (Wildman–Crippen LogP) is 1.24. The van der Waals surface area contributed by atoms with E-state index in [0.717, 1.165) is 8.35 Å². The highest BCUT2D eigenvalue weighted by atomic mass is 31.0. The number of rotatable bonds is 0. The zero-order valence-electron chi connectivity index (χ0n) is 3.70. The molecule has 1 aromatic heterocycles. The van der Waals surface area contributed by atoms with Crippen LogP contribution in [0.4, 0.5) is 5.82 Å². The van der Waals surface area contributed by atoms with Gasteiger partial charge in [0.25, 0.3) is 0 Å². The monoisotopic (exact) mass is 112 g/mol. The quantitative estimate of drug-likeness (QED) is 0.548. The smallest absolute Gasteiger partial charge is 0.127 e. The molecule has 0 bridgehead atoms. The van der Waals surface area contributed by atoms with Gasteiger partial charge in [0.1, 0.15) is 5.82 Å². The minimum atomic E-state index is 0.615. The lowest BCUT2D eigenvalue weighted by atomic mass is 10.6. The minimum absolute atomic E-state index is 0.615. The van der Waals surface area contributed by atoms with Crippen molar-refractivity contribution in [1.29, 1.82) is 0 Å². The van der Waals surface area contributed by atoms with Crippen LogP contribution in [0.25, 0.3) is 0 Å². The summed E-state index contributed by atoms with van der Waals surface area (Å²) in [5, 5.41) is 0. The molecule has 0 saturated heterocycles. The topological polar surface area (TPSA) is 38.9 Å². The number of aromatic nitrogens is 1. The molecule has 0 aliphatic rings. The lowest BCUT2D eigenvalue weighted by molar-refractivity contribution is 1.52. The predicted molar refractivity (Wildman–Crippen MR) is 31.2 cm³/mol. The van der Waals surface area contributed by atoms with E-state index in [0.29, 0.717) is 5.82 Å². The Balaban J connectivity index is 3.02. The van der Waals surface area contributed by atoms with Crippen LogP contribution < -0.4 is 5.73 Å². The first-order valence-corrected chi connectivity index (χ1v) is 2.84. The summed E-state index contributed by atoms with van der Waals surface area (Å²) in [5.74, 6) is 2.54. The van der Waals surface area contributed by atoms with Crippen molar-refractivity contribution in [1.82, 2.24) is 4.75 Å². The van der Waals surface area contributed by atoms with Crippen LogP contribution in [-0.4, -0.2) is 4.75 Å². The van der Waals surface area contributed by atoms with Crippen LogP contribution in [0.15, 0.2) is 17.9 Å². The molecule has 2 N–H and O–H groups in total. The molecular formula is C4H5N2P. The lowest BCUT2D eigenvalue weighted by Crippen LogP contribution is -1.82. The second-order valence-electron chi connectivity index (χ2n) is 1.15. The Labute approximate surface area is 43.5 Å². The van der Waals surface area contributed by atoms with Crippen LogP contribution in [0.5, 0.6) is 0 Å². The van der Waals surface area contributed by atoms with E-state index in [-0.39, 0.29) is 0 Å². The SMILES string of the molecule is Nc1cccpn1. The molecule has 0 unspecified atom stereocenters. The van der Waals surface area contributed by atoms with Gasteiger partial charge < -0.3 is 5.73 Å². The number of nitrogens with zero attached hydrogens (tertiary/aromatic N) is 1. The van der Waals surface area contributed by atoms with E-state index in [1.54, 1.807) is 6.07 Å². The Morgan fingerprint density at radius 1 is 1.71 bits per heavy atom. The van der Waals surface area contributed by atoms with Crippen molar-refractivity contribution in [2.24, 2.45) is 0 Å². The van der Waals surface area contributed by atoms with Crippen LogP contribution in [0.2, 0.25) is 0 Å². The van der Waals surface area contributed by atoms with Gasteiger partial charge >= 0.3 is 0 Å².